The van der Waals surface area contributed by atoms with E-state index in [0.717, 1.165) is 29.5 Å². The minimum atomic E-state index is -0.699. The lowest BCUT2D eigenvalue weighted by Gasteiger charge is -2.13. The second kappa shape index (κ2) is 9.04. The van der Waals surface area contributed by atoms with Crippen LogP contribution in [-0.2, 0) is 11.3 Å². The molecule has 3 rings (SSSR count). The summed E-state index contributed by atoms with van der Waals surface area (Å²) < 4.78 is 34.1. The molecule has 0 bridgehead atoms. The van der Waals surface area contributed by atoms with Gasteiger partial charge in [-0.25, -0.2) is 8.78 Å². The van der Waals surface area contributed by atoms with Crippen LogP contribution in [0.25, 0.3) is 11.4 Å². The minimum absolute atomic E-state index is 0.196. The third kappa shape index (κ3) is 4.73. The Morgan fingerprint density at radius 1 is 1.21 bits per heavy atom. The van der Waals surface area contributed by atoms with Gasteiger partial charge in [-0.15, -0.1) is 10.2 Å². The van der Waals surface area contributed by atoms with Gasteiger partial charge in [0.25, 0.3) is 0 Å². The Labute approximate surface area is 171 Å². The summed E-state index contributed by atoms with van der Waals surface area (Å²) >= 11 is 1.19. The number of hydrogen-bond donors (Lipinski definition) is 1. The van der Waals surface area contributed by atoms with Crippen molar-refractivity contribution in [2.75, 3.05) is 12.4 Å². The average molecular weight is 418 g/mol. The second-order valence-corrected chi connectivity index (χ2v) is 7.46. The van der Waals surface area contributed by atoms with E-state index in [4.69, 9.17) is 4.74 Å². The summed E-state index contributed by atoms with van der Waals surface area (Å²) in [6, 6.07) is 10.3. The molecular weight excluding hydrogens is 398 g/mol. The van der Waals surface area contributed by atoms with Gasteiger partial charge in [-0.1, -0.05) is 11.8 Å². The smallest absolute Gasteiger partial charge is 0.237 e. The minimum Gasteiger partial charge on any atom is -0.497 e. The van der Waals surface area contributed by atoms with Gasteiger partial charge >= 0.3 is 0 Å². The highest BCUT2D eigenvalue weighted by molar-refractivity contribution is 8.00. The highest BCUT2D eigenvalue weighted by atomic mass is 32.2. The molecule has 152 valence electrons. The molecule has 0 fully saturated rings. The predicted octanol–water partition coefficient (Wildman–Crippen LogP) is 4.37. The van der Waals surface area contributed by atoms with Crippen molar-refractivity contribution in [2.24, 2.45) is 0 Å². The molecule has 0 saturated carbocycles. The zero-order valence-corrected chi connectivity index (χ0v) is 17.0. The Morgan fingerprint density at radius 2 is 1.93 bits per heavy atom. The molecule has 1 aromatic heterocycles. The summed E-state index contributed by atoms with van der Waals surface area (Å²) in [5, 5.41) is 10.8. The predicted molar refractivity (Wildman–Crippen MR) is 108 cm³/mol. The SMILES string of the molecule is CCn1c(S[C@@H](C)C(=O)Nc2cc(F)ccc2F)nnc1-c1ccc(OC)cc1. The van der Waals surface area contributed by atoms with Crippen molar-refractivity contribution >= 4 is 23.4 Å². The Hall–Kier alpha value is -2.94. The number of nitrogens with zero attached hydrogens (tertiary/aromatic N) is 3. The van der Waals surface area contributed by atoms with E-state index in [0.29, 0.717) is 17.5 Å². The summed E-state index contributed by atoms with van der Waals surface area (Å²) in [5.41, 5.74) is 0.671. The van der Waals surface area contributed by atoms with E-state index in [1.54, 1.807) is 14.0 Å². The fraction of sp³-hybridized carbons (Fsp3) is 0.250. The van der Waals surface area contributed by atoms with E-state index in [1.165, 1.54) is 11.8 Å². The van der Waals surface area contributed by atoms with Crippen LogP contribution in [0.5, 0.6) is 5.75 Å². The quantitative estimate of drug-likeness (QED) is 0.577. The van der Waals surface area contributed by atoms with Crippen molar-refractivity contribution in [1.82, 2.24) is 14.8 Å². The van der Waals surface area contributed by atoms with Crippen molar-refractivity contribution in [1.29, 1.82) is 0 Å². The normalized spacial score (nSPS) is 11.9. The number of ether oxygens (including phenoxy) is 1. The summed E-state index contributed by atoms with van der Waals surface area (Å²) in [6.07, 6.45) is 0. The van der Waals surface area contributed by atoms with E-state index >= 15 is 0 Å². The van der Waals surface area contributed by atoms with E-state index in [2.05, 4.69) is 15.5 Å². The zero-order chi connectivity index (χ0) is 21.0. The van der Waals surface area contributed by atoms with Crippen LogP contribution in [0.2, 0.25) is 0 Å². The number of carbonyl (C=O) groups excluding carboxylic acids is 1. The maximum Gasteiger partial charge on any atom is 0.237 e. The summed E-state index contributed by atoms with van der Waals surface area (Å²) in [7, 11) is 1.60. The lowest BCUT2D eigenvalue weighted by atomic mass is 10.2. The van der Waals surface area contributed by atoms with E-state index in [1.807, 2.05) is 35.8 Å². The molecule has 0 spiro atoms. The van der Waals surface area contributed by atoms with Crippen LogP contribution >= 0.6 is 11.8 Å². The van der Waals surface area contributed by atoms with Gasteiger partial charge in [-0.05, 0) is 50.2 Å². The number of aromatic nitrogens is 3. The van der Waals surface area contributed by atoms with E-state index in [9.17, 15) is 13.6 Å². The fourth-order valence-corrected chi connectivity index (χ4v) is 3.57. The number of nitrogens with one attached hydrogen (secondary N) is 1. The topological polar surface area (TPSA) is 69.0 Å². The van der Waals surface area contributed by atoms with Gasteiger partial charge in [-0.3, -0.25) is 4.79 Å². The van der Waals surface area contributed by atoms with Crippen LogP contribution in [0.4, 0.5) is 14.5 Å². The lowest BCUT2D eigenvalue weighted by molar-refractivity contribution is -0.115. The molecule has 0 aliphatic heterocycles. The Balaban J connectivity index is 1.76. The highest BCUT2D eigenvalue weighted by Crippen LogP contribution is 2.28. The number of hydrogen-bond acceptors (Lipinski definition) is 5. The standard InChI is InChI=1S/C20H20F2N4O2S/c1-4-26-18(13-5-8-15(28-3)9-6-13)24-25-20(26)29-12(2)19(27)23-17-11-14(21)7-10-16(17)22/h5-12H,4H2,1-3H3,(H,23,27)/t12-/m0/s1. The number of anilines is 1. The van der Waals surface area contributed by atoms with Crippen molar-refractivity contribution in [3.8, 4) is 17.1 Å². The molecule has 1 heterocycles. The van der Waals surface area contributed by atoms with Crippen LogP contribution in [0.15, 0.2) is 47.6 Å². The van der Waals surface area contributed by atoms with Gasteiger partial charge in [0.1, 0.15) is 17.4 Å². The van der Waals surface area contributed by atoms with Gasteiger partial charge < -0.3 is 14.6 Å². The molecule has 0 unspecified atom stereocenters. The van der Waals surface area contributed by atoms with Gasteiger partial charge in [0.05, 0.1) is 18.0 Å². The lowest BCUT2D eigenvalue weighted by Crippen LogP contribution is -2.23. The first-order valence-corrected chi connectivity index (χ1v) is 9.81. The molecular formula is C20H20F2N4O2S. The molecule has 9 heteroatoms. The van der Waals surface area contributed by atoms with Gasteiger partial charge in [0.15, 0.2) is 11.0 Å². The average Bonchev–Trinajstić information content (AvgIpc) is 3.13. The Bertz CT molecular complexity index is 1010. The fourth-order valence-electron chi connectivity index (χ4n) is 2.65. The number of rotatable bonds is 7. The summed E-state index contributed by atoms with van der Waals surface area (Å²) in [4.78, 5) is 12.4. The first-order chi connectivity index (χ1) is 13.9. The first-order valence-electron chi connectivity index (χ1n) is 8.93. The maximum atomic E-state index is 13.8. The molecule has 6 nitrogen and oxygen atoms in total. The number of methoxy groups -OCH3 is 1. The number of halogens is 2. The maximum absolute atomic E-state index is 13.8. The monoisotopic (exact) mass is 418 g/mol. The molecule has 0 radical (unpaired) electrons. The Morgan fingerprint density at radius 3 is 2.59 bits per heavy atom. The zero-order valence-electron chi connectivity index (χ0n) is 16.1. The number of benzene rings is 2. The molecule has 0 aliphatic rings. The largest absolute Gasteiger partial charge is 0.497 e. The molecule has 1 N–H and O–H groups in total. The van der Waals surface area contributed by atoms with Crippen LogP contribution < -0.4 is 10.1 Å². The molecule has 0 aliphatic carbocycles. The second-order valence-electron chi connectivity index (χ2n) is 6.15. The molecule has 1 atom stereocenters. The molecule has 1 amide bonds. The third-order valence-corrected chi connectivity index (χ3v) is 5.30. The molecule has 29 heavy (non-hydrogen) atoms. The molecule has 0 saturated heterocycles. The highest BCUT2D eigenvalue weighted by Gasteiger charge is 2.21. The van der Waals surface area contributed by atoms with Crippen LogP contribution in [0, 0.1) is 11.6 Å². The van der Waals surface area contributed by atoms with Crippen LogP contribution in [0.3, 0.4) is 0 Å². The third-order valence-electron chi connectivity index (χ3n) is 4.22. The number of carbonyl (C=O) groups is 1. The first kappa shape index (κ1) is 20.8. The van der Waals surface area contributed by atoms with Crippen molar-refractivity contribution in [2.45, 2.75) is 30.8 Å². The van der Waals surface area contributed by atoms with Gasteiger partial charge in [0.2, 0.25) is 5.91 Å². The summed E-state index contributed by atoms with van der Waals surface area (Å²) in [5.74, 6) is -0.384. The Kier molecular flexibility index (Phi) is 6.48. The number of amides is 1. The summed E-state index contributed by atoms with van der Waals surface area (Å²) in [6.45, 7) is 4.22. The van der Waals surface area contributed by atoms with Crippen molar-refractivity contribution in [3.63, 3.8) is 0 Å². The van der Waals surface area contributed by atoms with E-state index in [-0.39, 0.29) is 5.69 Å². The molecule has 2 aromatic carbocycles. The van der Waals surface area contributed by atoms with E-state index < -0.39 is 22.8 Å². The van der Waals surface area contributed by atoms with Crippen molar-refractivity contribution < 1.29 is 18.3 Å². The van der Waals surface area contributed by atoms with Crippen LogP contribution in [-0.4, -0.2) is 33.0 Å². The van der Waals surface area contributed by atoms with Crippen molar-refractivity contribution in [3.05, 3.63) is 54.1 Å². The van der Waals surface area contributed by atoms with Gasteiger partial charge in [-0.2, -0.15) is 0 Å². The van der Waals surface area contributed by atoms with Crippen LogP contribution in [0.1, 0.15) is 13.8 Å². The van der Waals surface area contributed by atoms with Gasteiger partial charge in [0, 0.05) is 18.2 Å². The molecule has 3 aromatic rings. The number of thioether (sulfide) groups is 1.